The topological polar surface area (TPSA) is 96.5 Å². The minimum atomic E-state index is -1.000. The number of anilines is 1. The molecule has 5 rings (SSSR count). The average molecular weight is 587 g/mol. The summed E-state index contributed by atoms with van der Waals surface area (Å²) in [4.78, 5) is 27.9. The van der Waals surface area contributed by atoms with Crippen LogP contribution < -0.4 is 4.90 Å². The third-order valence-electron chi connectivity index (χ3n) is 6.09. The van der Waals surface area contributed by atoms with Crippen LogP contribution in [0.1, 0.15) is 39.8 Å². The highest BCUT2D eigenvalue weighted by Crippen LogP contribution is 2.45. The van der Waals surface area contributed by atoms with Gasteiger partial charge in [0.15, 0.2) is 4.34 Å². The Morgan fingerprint density at radius 1 is 1.08 bits per heavy atom. The van der Waals surface area contributed by atoms with Crippen LogP contribution in [-0.2, 0) is 15.3 Å². The molecular weight excluding hydrogens is 565 g/mol. The van der Waals surface area contributed by atoms with Gasteiger partial charge < -0.3 is 9.52 Å². The van der Waals surface area contributed by atoms with Crippen LogP contribution in [0.5, 0.6) is 0 Å². The molecule has 1 unspecified atom stereocenters. The van der Waals surface area contributed by atoms with Crippen molar-refractivity contribution in [1.29, 1.82) is 0 Å². The molecule has 2 aromatic carbocycles. The van der Waals surface area contributed by atoms with Crippen molar-refractivity contribution in [2.45, 2.75) is 36.9 Å². The van der Waals surface area contributed by atoms with Gasteiger partial charge in [-0.05, 0) is 62.2 Å². The van der Waals surface area contributed by atoms with E-state index in [1.54, 1.807) is 37.3 Å². The van der Waals surface area contributed by atoms with E-state index in [-0.39, 0.29) is 16.5 Å². The van der Waals surface area contributed by atoms with Crippen LogP contribution in [0, 0.1) is 20.8 Å². The molecule has 3 heterocycles. The van der Waals surface area contributed by atoms with Gasteiger partial charge in [0.1, 0.15) is 23.3 Å². The van der Waals surface area contributed by atoms with Crippen LogP contribution in [0.15, 0.2) is 62.9 Å². The van der Waals surface area contributed by atoms with E-state index < -0.39 is 17.7 Å². The predicted octanol–water partition coefficient (Wildman–Crippen LogP) is 7.28. The Balaban J connectivity index is 1.54. The maximum absolute atomic E-state index is 13.4. The molecular formula is C27H21Cl2N3O4S2. The van der Waals surface area contributed by atoms with Crippen LogP contribution in [0.3, 0.4) is 0 Å². The molecule has 1 aliphatic heterocycles. The fraction of sp³-hybridized carbons (Fsp3) is 0.185. The molecule has 1 amide bonds. The number of aliphatic hydroxyl groups excluding tert-OH is 1. The lowest BCUT2D eigenvalue weighted by Crippen LogP contribution is -2.29. The first-order valence-electron chi connectivity index (χ1n) is 11.5. The van der Waals surface area contributed by atoms with Gasteiger partial charge in [-0.15, -0.1) is 10.2 Å². The minimum absolute atomic E-state index is 0.0598. The number of hydrogen-bond acceptors (Lipinski definition) is 8. The first kappa shape index (κ1) is 26.5. The highest BCUT2D eigenvalue weighted by Gasteiger charge is 2.50. The lowest BCUT2D eigenvalue weighted by molar-refractivity contribution is -0.132. The van der Waals surface area contributed by atoms with Gasteiger partial charge >= 0.3 is 5.91 Å². The summed E-state index contributed by atoms with van der Waals surface area (Å²) in [5, 5.41) is 21.1. The molecule has 11 heteroatoms. The van der Waals surface area contributed by atoms with E-state index in [1.165, 1.54) is 16.7 Å². The number of rotatable bonds is 6. The van der Waals surface area contributed by atoms with Crippen molar-refractivity contribution in [2.75, 3.05) is 4.90 Å². The Morgan fingerprint density at radius 2 is 1.87 bits per heavy atom. The summed E-state index contributed by atoms with van der Waals surface area (Å²) in [5.41, 5.74) is 2.96. The smallest absolute Gasteiger partial charge is 0.302 e. The fourth-order valence-corrected chi connectivity index (χ4v) is 6.60. The second kappa shape index (κ2) is 10.6. The Bertz CT molecular complexity index is 1610. The Kier molecular flexibility index (Phi) is 7.37. The number of halogens is 2. The van der Waals surface area contributed by atoms with Gasteiger partial charge in [0.25, 0.3) is 5.78 Å². The molecule has 194 valence electrons. The van der Waals surface area contributed by atoms with Crippen molar-refractivity contribution in [1.82, 2.24) is 10.2 Å². The van der Waals surface area contributed by atoms with Crippen molar-refractivity contribution in [3.63, 3.8) is 0 Å². The number of thioether (sulfide) groups is 1. The van der Waals surface area contributed by atoms with E-state index in [0.717, 1.165) is 28.0 Å². The van der Waals surface area contributed by atoms with Crippen molar-refractivity contribution in [3.05, 3.63) is 97.9 Å². The number of nitrogens with zero attached hydrogens (tertiary/aromatic N) is 3. The summed E-state index contributed by atoms with van der Waals surface area (Å²) in [6, 6.07) is 13.2. The molecule has 1 aliphatic rings. The number of carbonyl (C=O) groups excluding carboxylic acids is 2. The van der Waals surface area contributed by atoms with Crippen molar-refractivity contribution in [2.24, 2.45) is 0 Å². The Hall–Kier alpha value is -3.11. The molecule has 0 radical (unpaired) electrons. The average Bonchev–Trinajstić information content (AvgIpc) is 3.58. The number of benzene rings is 2. The molecule has 0 saturated carbocycles. The Labute approximate surface area is 237 Å². The Morgan fingerprint density at radius 3 is 2.58 bits per heavy atom. The minimum Gasteiger partial charge on any atom is -0.507 e. The van der Waals surface area contributed by atoms with Crippen LogP contribution in [0.2, 0.25) is 10.0 Å². The van der Waals surface area contributed by atoms with E-state index in [4.69, 9.17) is 27.6 Å². The molecule has 7 nitrogen and oxygen atoms in total. The number of furan rings is 1. The van der Waals surface area contributed by atoms with E-state index in [0.29, 0.717) is 37.2 Å². The number of amides is 1. The zero-order valence-corrected chi connectivity index (χ0v) is 23.6. The van der Waals surface area contributed by atoms with Crippen LogP contribution in [0.4, 0.5) is 5.13 Å². The maximum atomic E-state index is 13.4. The van der Waals surface area contributed by atoms with Crippen molar-refractivity contribution >= 4 is 68.9 Å². The van der Waals surface area contributed by atoms with Crippen LogP contribution in [-0.4, -0.2) is 27.0 Å². The normalized spacial score (nSPS) is 17.0. The first-order valence-corrected chi connectivity index (χ1v) is 14.0. The molecule has 0 bridgehead atoms. The number of hydrogen-bond donors (Lipinski definition) is 1. The van der Waals surface area contributed by atoms with Crippen LogP contribution >= 0.6 is 46.3 Å². The monoisotopic (exact) mass is 585 g/mol. The SMILES string of the molecule is Cc1ccc(C)c(/C(O)=C2\C(=O)C(=O)N(c3nnc(SCc4ccc(Cl)cc4Cl)s3)C2c2ccc(C)o2)c1. The summed E-state index contributed by atoms with van der Waals surface area (Å²) >= 11 is 14.8. The molecule has 2 aromatic heterocycles. The summed E-state index contributed by atoms with van der Waals surface area (Å²) in [5.74, 6) is -0.444. The first-order chi connectivity index (χ1) is 18.1. The number of Topliss-reactive ketones (excluding diaryl/α,β-unsaturated/α-hetero) is 1. The van der Waals surface area contributed by atoms with Gasteiger partial charge in [-0.3, -0.25) is 14.5 Å². The fourth-order valence-electron chi connectivity index (χ4n) is 4.17. The second-order valence-electron chi connectivity index (χ2n) is 8.81. The largest absolute Gasteiger partial charge is 0.507 e. The quantitative estimate of drug-likeness (QED) is 0.0834. The zero-order valence-electron chi connectivity index (χ0n) is 20.5. The number of carbonyl (C=O) groups is 2. The molecule has 1 N–H and O–H groups in total. The van der Waals surface area contributed by atoms with Gasteiger partial charge in [0, 0.05) is 21.4 Å². The van der Waals surface area contributed by atoms with E-state index in [2.05, 4.69) is 10.2 Å². The standard InChI is InChI=1S/C27H21Cl2N3O4S2/c1-13-4-5-14(2)18(10-13)23(33)21-22(20-9-6-15(3)36-20)32(25(35)24(21)34)26-30-31-27(38-26)37-12-16-7-8-17(28)11-19(16)29/h4-11,22,33H,12H2,1-3H3/b23-21+. The van der Waals surface area contributed by atoms with Crippen molar-refractivity contribution in [3.8, 4) is 0 Å². The predicted molar refractivity (Wildman–Crippen MR) is 150 cm³/mol. The summed E-state index contributed by atoms with van der Waals surface area (Å²) < 4.78 is 6.44. The van der Waals surface area contributed by atoms with Gasteiger partial charge in [-0.25, -0.2) is 0 Å². The summed E-state index contributed by atoms with van der Waals surface area (Å²) in [6.07, 6.45) is 0. The van der Waals surface area contributed by atoms with Gasteiger partial charge in [-0.2, -0.15) is 0 Å². The molecule has 1 fully saturated rings. The molecule has 0 spiro atoms. The number of aromatic nitrogens is 2. The van der Waals surface area contributed by atoms with E-state index in [1.807, 2.05) is 32.0 Å². The van der Waals surface area contributed by atoms with Crippen molar-refractivity contribution < 1.29 is 19.1 Å². The number of aliphatic hydroxyl groups is 1. The number of aryl methyl sites for hydroxylation is 3. The molecule has 1 saturated heterocycles. The second-order valence-corrected chi connectivity index (χ2v) is 11.8. The third-order valence-corrected chi connectivity index (χ3v) is 8.78. The zero-order chi connectivity index (χ0) is 27.1. The lowest BCUT2D eigenvalue weighted by Gasteiger charge is -2.20. The molecule has 38 heavy (non-hydrogen) atoms. The highest BCUT2D eigenvalue weighted by atomic mass is 35.5. The molecule has 1 atom stereocenters. The van der Waals surface area contributed by atoms with Crippen LogP contribution in [0.25, 0.3) is 5.76 Å². The molecule has 0 aliphatic carbocycles. The van der Waals surface area contributed by atoms with Gasteiger partial charge in [-0.1, -0.05) is 70.1 Å². The maximum Gasteiger partial charge on any atom is 0.302 e. The van der Waals surface area contributed by atoms with E-state index in [9.17, 15) is 14.7 Å². The summed E-state index contributed by atoms with van der Waals surface area (Å²) in [7, 11) is 0. The highest BCUT2D eigenvalue weighted by molar-refractivity contribution is 8.00. The third kappa shape index (κ3) is 4.99. The lowest BCUT2D eigenvalue weighted by atomic mass is 9.96. The van der Waals surface area contributed by atoms with Gasteiger partial charge in [0.2, 0.25) is 5.13 Å². The summed E-state index contributed by atoms with van der Waals surface area (Å²) in [6.45, 7) is 5.49. The van der Waals surface area contributed by atoms with Gasteiger partial charge in [0.05, 0.1) is 5.57 Å². The molecule has 4 aromatic rings. The van der Waals surface area contributed by atoms with E-state index >= 15 is 0 Å². The number of ketones is 1.